The van der Waals surface area contributed by atoms with Crippen LogP contribution in [0.1, 0.15) is 0 Å². The maximum absolute atomic E-state index is 10.5. The molecule has 12 heavy (non-hydrogen) atoms. The van der Waals surface area contributed by atoms with Crippen LogP contribution in [0.5, 0.6) is 0 Å². The molecule has 0 amide bonds. The molecule has 0 bridgehead atoms. The van der Waals surface area contributed by atoms with Crippen LogP contribution in [0.25, 0.3) is 0 Å². The third-order valence-electron chi connectivity index (χ3n) is 0.542. The van der Waals surface area contributed by atoms with E-state index in [0.717, 1.165) is 0 Å². The molecule has 8 heteroatoms. The first kappa shape index (κ1) is 12.1. The van der Waals surface area contributed by atoms with Crippen molar-refractivity contribution in [2.24, 2.45) is 0 Å². The van der Waals surface area contributed by atoms with Gasteiger partial charge in [0.05, 0.1) is 0 Å². The van der Waals surface area contributed by atoms with E-state index in [-0.39, 0.29) is 0 Å². The van der Waals surface area contributed by atoms with Gasteiger partial charge in [0.15, 0.2) is 0 Å². The molecule has 66 valence electrons. The summed E-state index contributed by atoms with van der Waals surface area (Å²) in [6, 6.07) is 0. The lowest BCUT2D eigenvalue weighted by Crippen LogP contribution is -2.03. The molecule has 0 atom stereocenters. The summed E-state index contributed by atoms with van der Waals surface area (Å²) < 4.78 is 0. The summed E-state index contributed by atoms with van der Waals surface area (Å²) in [5, 5.41) is -3.73. The lowest BCUT2D eigenvalue weighted by molar-refractivity contribution is -0.126. The van der Waals surface area contributed by atoms with Crippen LogP contribution in [0, 0.1) is 0 Å². The van der Waals surface area contributed by atoms with Gasteiger partial charge in [0.2, 0.25) is 0 Å². The van der Waals surface area contributed by atoms with Gasteiger partial charge in [-0.25, -0.2) is 0 Å². The van der Waals surface area contributed by atoms with Gasteiger partial charge in [0, 0.05) is 0 Å². The fourth-order valence-corrected chi connectivity index (χ4v) is 1.99. The van der Waals surface area contributed by atoms with Crippen LogP contribution in [-0.4, -0.2) is 20.5 Å². The first-order chi connectivity index (χ1) is 5.45. The summed E-state index contributed by atoms with van der Waals surface area (Å²) in [5.41, 5.74) is 0. The number of thiol groups is 2. The van der Waals surface area contributed by atoms with Crippen LogP contribution in [-0.2, 0) is 19.2 Å². The molecular weight excluding hydrogens is 240 g/mol. The van der Waals surface area contributed by atoms with Gasteiger partial charge in [0.1, 0.15) is 0 Å². The maximum Gasteiger partial charge on any atom is 0.276 e. The number of hydrogen-bond acceptors (Lipinski definition) is 6. The van der Waals surface area contributed by atoms with E-state index in [1.165, 1.54) is 0 Å². The van der Waals surface area contributed by atoms with Crippen LogP contribution in [0.3, 0.4) is 0 Å². The zero-order chi connectivity index (χ0) is 9.72. The van der Waals surface area contributed by atoms with E-state index < -0.39 is 20.5 Å². The Bertz CT molecular complexity index is 221. The lowest BCUT2D eigenvalue weighted by Gasteiger charge is -1.90. The molecule has 0 fully saturated rings. The van der Waals surface area contributed by atoms with Crippen molar-refractivity contribution >= 4 is 67.3 Å². The SMILES string of the molecule is O=C(S)C(=O)SSC(=O)C(=O)S. The third kappa shape index (κ3) is 4.86. The summed E-state index contributed by atoms with van der Waals surface area (Å²) >= 11 is 6.42. The summed E-state index contributed by atoms with van der Waals surface area (Å²) in [7, 11) is 0.707. The van der Waals surface area contributed by atoms with Crippen molar-refractivity contribution in [2.45, 2.75) is 0 Å². The minimum absolute atomic E-state index is 0.354. The van der Waals surface area contributed by atoms with E-state index in [9.17, 15) is 19.2 Å². The Balaban J connectivity index is 3.85. The second-order valence-electron chi connectivity index (χ2n) is 1.35. The van der Waals surface area contributed by atoms with E-state index >= 15 is 0 Å². The predicted octanol–water partition coefficient (Wildman–Crippen LogP) is 0.334. The molecule has 0 N–H and O–H groups in total. The first-order valence-electron chi connectivity index (χ1n) is 2.34. The van der Waals surface area contributed by atoms with E-state index in [4.69, 9.17) is 0 Å². The van der Waals surface area contributed by atoms with Gasteiger partial charge >= 0.3 is 0 Å². The predicted molar refractivity (Wildman–Crippen MR) is 53.2 cm³/mol. The average molecular weight is 242 g/mol. The Labute approximate surface area is 86.4 Å². The van der Waals surface area contributed by atoms with Crippen molar-refractivity contribution in [1.82, 2.24) is 0 Å². The van der Waals surface area contributed by atoms with Crippen molar-refractivity contribution in [3.05, 3.63) is 0 Å². The molecule has 0 aromatic rings. The van der Waals surface area contributed by atoms with Crippen molar-refractivity contribution in [2.75, 3.05) is 0 Å². The summed E-state index contributed by atoms with van der Waals surface area (Å²) in [4.78, 5) is 41.4. The van der Waals surface area contributed by atoms with Gasteiger partial charge in [0.25, 0.3) is 20.5 Å². The second kappa shape index (κ2) is 5.68. The molecule has 0 saturated heterocycles. The minimum Gasteiger partial charge on any atom is -0.277 e. The van der Waals surface area contributed by atoms with Gasteiger partial charge in [-0.3, -0.25) is 19.2 Å². The Morgan fingerprint density at radius 2 is 1.00 bits per heavy atom. The largest absolute Gasteiger partial charge is 0.277 e. The minimum atomic E-state index is -0.966. The standard InChI is InChI=1S/C4H2O4S4/c5-1(9)3(7)11-12-4(8)2(6)10/h(H,5,9)(H,6,10). The fourth-order valence-electron chi connectivity index (χ4n) is 0.147. The van der Waals surface area contributed by atoms with Crippen LogP contribution in [0.15, 0.2) is 0 Å². The van der Waals surface area contributed by atoms with Crippen molar-refractivity contribution in [3.63, 3.8) is 0 Å². The average Bonchev–Trinajstić information content (AvgIpc) is 1.98. The summed E-state index contributed by atoms with van der Waals surface area (Å²) in [5.74, 6) is 0. The van der Waals surface area contributed by atoms with Gasteiger partial charge in [-0.2, -0.15) is 0 Å². The highest BCUT2D eigenvalue weighted by molar-refractivity contribution is 8.88. The zero-order valence-corrected chi connectivity index (χ0v) is 8.77. The third-order valence-corrected chi connectivity index (χ3v) is 3.17. The molecule has 0 aromatic carbocycles. The molecule has 0 aromatic heterocycles. The van der Waals surface area contributed by atoms with Crippen molar-refractivity contribution in [3.8, 4) is 0 Å². The highest BCUT2D eigenvalue weighted by Crippen LogP contribution is 2.24. The van der Waals surface area contributed by atoms with E-state index in [1.807, 2.05) is 0 Å². The number of hydrogen-bond donors (Lipinski definition) is 2. The molecule has 0 heterocycles. The molecule has 0 saturated carbocycles. The molecule has 0 spiro atoms. The topological polar surface area (TPSA) is 68.3 Å². The van der Waals surface area contributed by atoms with Crippen molar-refractivity contribution < 1.29 is 19.2 Å². The normalized spacial score (nSPS) is 9.17. The Morgan fingerprint density at radius 1 is 0.750 bits per heavy atom. The molecule has 0 aliphatic rings. The number of carbonyl (C=O) groups is 4. The van der Waals surface area contributed by atoms with Gasteiger partial charge in [-0.15, -0.1) is 0 Å². The Kier molecular flexibility index (Phi) is 5.72. The number of carbonyl (C=O) groups excluding carboxylic acids is 4. The van der Waals surface area contributed by atoms with Crippen LogP contribution in [0.4, 0.5) is 0 Å². The summed E-state index contributed by atoms with van der Waals surface area (Å²) in [6.07, 6.45) is 0. The summed E-state index contributed by atoms with van der Waals surface area (Å²) in [6.45, 7) is 0. The first-order valence-corrected chi connectivity index (χ1v) is 5.38. The monoisotopic (exact) mass is 242 g/mol. The zero-order valence-electron chi connectivity index (χ0n) is 5.34. The molecule has 0 aliphatic heterocycles. The second-order valence-corrected chi connectivity index (χ2v) is 4.24. The molecular formula is C4H2O4S4. The quantitative estimate of drug-likeness (QED) is 0.413. The highest BCUT2D eigenvalue weighted by Gasteiger charge is 2.16. The molecule has 0 rings (SSSR count). The maximum atomic E-state index is 10.5. The van der Waals surface area contributed by atoms with Gasteiger partial charge in [-0.05, 0) is 21.6 Å². The molecule has 4 nitrogen and oxygen atoms in total. The van der Waals surface area contributed by atoms with Gasteiger partial charge < -0.3 is 0 Å². The molecule has 0 unspecified atom stereocenters. The van der Waals surface area contributed by atoms with Crippen molar-refractivity contribution in [1.29, 1.82) is 0 Å². The van der Waals surface area contributed by atoms with E-state index in [0.29, 0.717) is 21.6 Å². The molecule has 0 radical (unpaired) electrons. The highest BCUT2D eigenvalue weighted by atomic mass is 33.1. The van der Waals surface area contributed by atoms with Crippen LogP contribution in [0.2, 0.25) is 0 Å². The van der Waals surface area contributed by atoms with E-state index in [1.54, 1.807) is 0 Å². The Morgan fingerprint density at radius 3 is 1.17 bits per heavy atom. The molecule has 0 aliphatic carbocycles. The lowest BCUT2D eigenvalue weighted by atomic mass is 10.9. The fraction of sp³-hybridized carbons (Fsp3) is 0. The number of rotatable bonds is 2. The van der Waals surface area contributed by atoms with Gasteiger partial charge in [-0.1, -0.05) is 25.3 Å². The van der Waals surface area contributed by atoms with E-state index in [2.05, 4.69) is 25.3 Å². The smallest absolute Gasteiger partial charge is 0.276 e. The Hall–Kier alpha value is 0.0800. The van der Waals surface area contributed by atoms with Crippen LogP contribution >= 0.6 is 46.8 Å². The van der Waals surface area contributed by atoms with Crippen LogP contribution < -0.4 is 0 Å².